The molecule has 136 valence electrons. The molecule has 2 aliphatic rings. The number of hydrogen-bond acceptors (Lipinski definition) is 4. The van der Waals surface area contributed by atoms with Crippen LogP contribution in [0.2, 0.25) is 0 Å². The molecule has 0 aromatic heterocycles. The Morgan fingerprint density at radius 3 is 2.56 bits per heavy atom. The first-order valence-electron chi connectivity index (χ1n) is 8.48. The van der Waals surface area contributed by atoms with Crippen LogP contribution in [0.1, 0.15) is 31.7 Å². The molecular weight excluding hydrogens is 342 g/mol. The highest BCUT2D eigenvalue weighted by Gasteiger charge is 2.30. The minimum Gasteiger partial charge on any atom is -0.326 e. The molecule has 0 saturated carbocycles. The van der Waals surface area contributed by atoms with Gasteiger partial charge in [-0.15, -0.1) is 12.4 Å². The Morgan fingerprint density at radius 1 is 1.24 bits per heavy atom. The van der Waals surface area contributed by atoms with Crippen LogP contribution in [-0.2, 0) is 20.8 Å². The highest BCUT2D eigenvalue weighted by Crippen LogP contribution is 2.21. The minimum atomic E-state index is -0.283. The summed E-state index contributed by atoms with van der Waals surface area (Å²) >= 11 is 0. The normalized spacial score (nSPS) is 25.9. The van der Waals surface area contributed by atoms with E-state index in [2.05, 4.69) is 22.9 Å². The van der Waals surface area contributed by atoms with Crippen molar-refractivity contribution < 1.29 is 14.4 Å². The molecule has 0 bridgehead atoms. The van der Waals surface area contributed by atoms with Gasteiger partial charge >= 0.3 is 0 Å². The van der Waals surface area contributed by atoms with Crippen LogP contribution < -0.4 is 16.0 Å². The molecule has 2 saturated heterocycles. The smallest absolute Gasteiger partial charge is 0.230 e. The van der Waals surface area contributed by atoms with Gasteiger partial charge in [-0.3, -0.25) is 19.7 Å². The number of anilines is 1. The largest absolute Gasteiger partial charge is 0.326 e. The third kappa shape index (κ3) is 5.03. The first-order valence-corrected chi connectivity index (χ1v) is 8.48. The number of imide groups is 1. The lowest BCUT2D eigenvalue weighted by Gasteiger charge is -2.27. The molecule has 3 amide bonds. The molecule has 2 aliphatic heterocycles. The molecule has 2 heterocycles. The van der Waals surface area contributed by atoms with Crippen LogP contribution in [0.15, 0.2) is 24.3 Å². The van der Waals surface area contributed by atoms with Crippen LogP contribution in [0.5, 0.6) is 0 Å². The van der Waals surface area contributed by atoms with Gasteiger partial charge in [0.05, 0.1) is 5.92 Å². The molecule has 3 rings (SSSR count). The van der Waals surface area contributed by atoms with Crippen molar-refractivity contribution in [2.45, 2.75) is 38.6 Å². The van der Waals surface area contributed by atoms with Crippen molar-refractivity contribution in [3.05, 3.63) is 29.8 Å². The van der Waals surface area contributed by atoms with Crippen molar-refractivity contribution in [1.82, 2.24) is 10.6 Å². The van der Waals surface area contributed by atoms with E-state index in [4.69, 9.17) is 0 Å². The Labute approximate surface area is 153 Å². The van der Waals surface area contributed by atoms with Crippen molar-refractivity contribution in [1.29, 1.82) is 0 Å². The maximum absolute atomic E-state index is 12.3. The van der Waals surface area contributed by atoms with E-state index in [-0.39, 0.29) is 48.4 Å². The van der Waals surface area contributed by atoms with Gasteiger partial charge in [-0.1, -0.05) is 12.1 Å². The molecule has 2 fully saturated rings. The monoisotopic (exact) mass is 365 g/mol. The van der Waals surface area contributed by atoms with E-state index < -0.39 is 0 Å². The van der Waals surface area contributed by atoms with Crippen LogP contribution in [0, 0.1) is 11.8 Å². The fourth-order valence-electron chi connectivity index (χ4n) is 3.39. The Bertz CT molecular complexity index is 647. The lowest BCUT2D eigenvalue weighted by molar-refractivity contribution is -0.126. The predicted octanol–water partition coefficient (Wildman–Crippen LogP) is 1.64. The summed E-state index contributed by atoms with van der Waals surface area (Å²) in [6.07, 6.45) is 2.51. The van der Waals surface area contributed by atoms with E-state index in [9.17, 15) is 14.4 Å². The van der Waals surface area contributed by atoms with E-state index in [0.29, 0.717) is 12.5 Å². The van der Waals surface area contributed by atoms with Gasteiger partial charge < -0.3 is 10.6 Å². The van der Waals surface area contributed by atoms with Crippen LogP contribution in [0.3, 0.4) is 0 Å². The summed E-state index contributed by atoms with van der Waals surface area (Å²) < 4.78 is 0. The number of piperidine rings is 1. The van der Waals surface area contributed by atoms with Gasteiger partial charge in [0.15, 0.2) is 0 Å². The highest BCUT2D eigenvalue weighted by molar-refractivity contribution is 6.03. The van der Waals surface area contributed by atoms with Crippen molar-refractivity contribution in [2.24, 2.45) is 11.8 Å². The zero-order valence-electron chi connectivity index (χ0n) is 14.2. The third-order valence-electron chi connectivity index (χ3n) is 4.76. The van der Waals surface area contributed by atoms with Crippen molar-refractivity contribution in [3.8, 4) is 0 Å². The molecule has 0 spiro atoms. The zero-order valence-corrected chi connectivity index (χ0v) is 15.0. The summed E-state index contributed by atoms with van der Waals surface area (Å²) in [6, 6.07) is 7.88. The van der Waals surface area contributed by atoms with Crippen molar-refractivity contribution >= 4 is 35.8 Å². The zero-order chi connectivity index (χ0) is 17.1. The van der Waals surface area contributed by atoms with E-state index in [1.54, 1.807) is 0 Å². The average Bonchev–Trinajstić information content (AvgIpc) is 2.87. The number of nitrogens with one attached hydrogen (secondary N) is 3. The maximum atomic E-state index is 12.3. The fourth-order valence-corrected chi connectivity index (χ4v) is 3.39. The Kier molecular flexibility index (Phi) is 6.56. The number of carbonyl (C=O) groups excluding carboxylic acids is 3. The molecule has 3 N–H and O–H groups in total. The summed E-state index contributed by atoms with van der Waals surface area (Å²) in [5.74, 6) is -0.567. The fraction of sp³-hybridized carbons (Fsp3) is 0.500. The van der Waals surface area contributed by atoms with E-state index in [1.165, 1.54) is 0 Å². The topological polar surface area (TPSA) is 87.3 Å². The molecule has 1 aromatic carbocycles. The van der Waals surface area contributed by atoms with Crippen LogP contribution >= 0.6 is 12.4 Å². The van der Waals surface area contributed by atoms with Crippen molar-refractivity contribution in [2.75, 3.05) is 11.9 Å². The molecule has 0 aliphatic carbocycles. The molecule has 3 atom stereocenters. The summed E-state index contributed by atoms with van der Waals surface area (Å²) in [6.45, 7) is 2.97. The highest BCUT2D eigenvalue weighted by atomic mass is 35.5. The lowest BCUT2D eigenvalue weighted by atomic mass is 9.92. The molecule has 1 unspecified atom stereocenters. The van der Waals surface area contributed by atoms with Crippen molar-refractivity contribution in [3.63, 3.8) is 0 Å². The second-order valence-electron chi connectivity index (χ2n) is 6.78. The Hall–Kier alpha value is -1.92. The van der Waals surface area contributed by atoms with Gasteiger partial charge in [0.25, 0.3) is 0 Å². The van der Waals surface area contributed by atoms with Crippen LogP contribution in [-0.4, -0.2) is 30.3 Å². The number of rotatable bonds is 4. The van der Waals surface area contributed by atoms with Gasteiger partial charge in [0.2, 0.25) is 17.7 Å². The number of amides is 3. The quantitative estimate of drug-likeness (QED) is 0.708. The first kappa shape index (κ1) is 19.4. The first-order chi connectivity index (χ1) is 11.5. The summed E-state index contributed by atoms with van der Waals surface area (Å²) in [4.78, 5) is 35.2. The molecule has 0 radical (unpaired) electrons. The number of hydrogen-bond donors (Lipinski definition) is 3. The van der Waals surface area contributed by atoms with Gasteiger partial charge in [-0.25, -0.2) is 0 Å². The SMILES string of the molecule is C[C@H]1C[C@@H](C(=O)Nc2ccc(CC3CC(=O)NC3=O)cc2)CCN1.Cl. The Balaban J connectivity index is 0.00000225. The van der Waals surface area contributed by atoms with E-state index in [1.807, 2.05) is 24.3 Å². The van der Waals surface area contributed by atoms with Gasteiger partial charge in [-0.05, 0) is 50.4 Å². The number of halogens is 1. The van der Waals surface area contributed by atoms with Gasteiger partial charge in [-0.2, -0.15) is 0 Å². The van der Waals surface area contributed by atoms with Crippen LogP contribution in [0.4, 0.5) is 5.69 Å². The second kappa shape index (κ2) is 8.45. The number of benzene rings is 1. The molecular formula is C18H24ClN3O3. The minimum absolute atomic E-state index is 0. The summed E-state index contributed by atoms with van der Waals surface area (Å²) in [5.41, 5.74) is 1.75. The van der Waals surface area contributed by atoms with E-state index in [0.717, 1.165) is 30.6 Å². The predicted molar refractivity (Wildman–Crippen MR) is 97.5 cm³/mol. The van der Waals surface area contributed by atoms with E-state index >= 15 is 0 Å². The lowest BCUT2D eigenvalue weighted by Crippen LogP contribution is -2.40. The number of carbonyl (C=O) groups is 3. The van der Waals surface area contributed by atoms with Gasteiger partial charge in [0, 0.05) is 24.1 Å². The average molecular weight is 366 g/mol. The third-order valence-corrected chi connectivity index (χ3v) is 4.76. The Morgan fingerprint density at radius 2 is 1.96 bits per heavy atom. The molecule has 1 aromatic rings. The second-order valence-corrected chi connectivity index (χ2v) is 6.78. The standard InChI is InChI=1S/C18H23N3O3.ClH/c1-11-8-13(6-7-19-11)17(23)20-15-4-2-12(3-5-15)9-14-10-16(22)21-18(14)24;/h2-5,11,13-14,19H,6-10H2,1H3,(H,20,23)(H,21,22,24);1H/t11-,13-,14?;/m0./s1. The molecule has 25 heavy (non-hydrogen) atoms. The van der Waals surface area contributed by atoms with Crippen LogP contribution in [0.25, 0.3) is 0 Å². The molecule has 6 nitrogen and oxygen atoms in total. The summed E-state index contributed by atoms with van der Waals surface area (Å²) in [5, 5.41) is 8.64. The summed E-state index contributed by atoms with van der Waals surface area (Å²) in [7, 11) is 0. The van der Waals surface area contributed by atoms with Gasteiger partial charge in [0.1, 0.15) is 0 Å². The maximum Gasteiger partial charge on any atom is 0.230 e. The molecule has 7 heteroatoms.